The third-order valence-electron chi connectivity index (χ3n) is 6.17. The summed E-state index contributed by atoms with van der Waals surface area (Å²) >= 11 is 8.56. The average Bonchev–Trinajstić information content (AvgIpc) is 3.64. The van der Waals surface area contributed by atoms with Gasteiger partial charge in [0.15, 0.2) is 15.9 Å². The maximum Gasteiger partial charge on any atom is 0.296 e. The summed E-state index contributed by atoms with van der Waals surface area (Å²) in [6.45, 7) is 0. The van der Waals surface area contributed by atoms with E-state index in [1.165, 1.54) is 28.8 Å². The van der Waals surface area contributed by atoms with E-state index in [0.29, 0.717) is 31.6 Å². The highest BCUT2D eigenvalue weighted by Gasteiger charge is 2.47. The molecule has 0 bridgehead atoms. The Morgan fingerprint density at radius 3 is 2.59 bits per heavy atom. The molecule has 0 aliphatic carbocycles. The van der Waals surface area contributed by atoms with Crippen LogP contribution < -0.4 is 4.90 Å². The minimum Gasteiger partial charge on any atom is -0.508 e. The number of Topliss-reactive ketones (excluding diaryl/α,β-unsaturated/α-hetero) is 1. The Morgan fingerprint density at radius 2 is 1.82 bits per heavy atom. The molecule has 5 aromatic rings. The number of aromatic nitrogens is 2. The molecule has 8 nitrogen and oxygen atoms in total. The maximum atomic E-state index is 13.7. The molecular weight excluding hydrogens is 558 g/mol. The summed E-state index contributed by atoms with van der Waals surface area (Å²) in [5.74, 6) is -1.62. The summed E-state index contributed by atoms with van der Waals surface area (Å²) in [5, 5.41) is 31.1. The van der Waals surface area contributed by atoms with E-state index in [9.17, 15) is 19.8 Å². The molecule has 11 heteroatoms. The number of aromatic hydroxyl groups is 1. The maximum absolute atomic E-state index is 13.7. The van der Waals surface area contributed by atoms with Crippen LogP contribution in [0.4, 0.5) is 5.13 Å². The van der Waals surface area contributed by atoms with Crippen molar-refractivity contribution >= 4 is 62.5 Å². The lowest BCUT2D eigenvalue weighted by Gasteiger charge is -2.23. The normalized spacial score (nSPS) is 15.5. The number of anilines is 1. The van der Waals surface area contributed by atoms with E-state index in [-0.39, 0.29) is 22.2 Å². The molecule has 0 radical (unpaired) electrons. The molecule has 194 valence electrons. The molecule has 0 fully saturated rings. The van der Waals surface area contributed by atoms with Gasteiger partial charge in [0, 0.05) is 16.2 Å². The molecule has 3 aromatic carbocycles. The average molecular weight is 576 g/mol. The number of furan rings is 1. The fourth-order valence-electron chi connectivity index (χ4n) is 4.36. The number of ketones is 1. The number of rotatable bonds is 7. The SMILES string of the molecule is O=C(C1=C(O)C(=O)N(c2nnc(SCc3ccc(Cl)cc3)s2)[C@@H]1c1cccc(O)c1)c1cc2ccccc2o1. The summed E-state index contributed by atoms with van der Waals surface area (Å²) < 4.78 is 6.35. The summed E-state index contributed by atoms with van der Waals surface area (Å²) in [6, 6.07) is 21.2. The number of para-hydroxylation sites is 1. The number of carbonyl (C=O) groups is 2. The van der Waals surface area contributed by atoms with Gasteiger partial charge in [0.1, 0.15) is 11.3 Å². The minimum atomic E-state index is -1.06. The largest absolute Gasteiger partial charge is 0.508 e. The topological polar surface area (TPSA) is 117 Å². The first-order chi connectivity index (χ1) is 18.9. The van der Waals surface area contributed by atoms with E-state index in [1.54, 1.807) is 48.5 Å². The molecule has 1 aliphatic rings. The number of aliphatic hydroxyl groups is 1. The van der Waals surface area contributed by atoms with Crippen molar-refractivity contribution in [1.29, 1.82) is 0 Å². The number of hydrogen-bond acceptors (Lipinski definition) is 9. The molecule has 39 heavy (non-hydrogen) atoms. The van der Waals surface area contributed by atoms with Gasteiger partial charge in [0.05, 0.1) is 11.6 Å². The van der Waals surface area contributed by atoms with Gasteiger partial charge in [-0.05, 0) is 47.5 Å². The summed E-state index contributed by atoms with van der Waals surface area (Å²) in [7, 11) is 0. The van der Waals surface area contributed by atoms with E-state index in [2.05, 4.69) is 10.2 Å². The van der Waals surface area contributed by atoms with Gasteiger partial charge in [-0.1, -0.05) is 77.2 Å². The number of halogens is 1. The number of phenolic OH excluding ortho intramolecular Hbond substituents is 1. The van der Waals surface area contributed by atoms with Gasteiger partial charge in [0.25, 0.3) is 5.91 Å². The van der Waals surface area contributed by atoms with Crippen molar-refractivity contribution in [3.8, 4) is 5.75 Å². The Balaban J connectivity index is 1.36. The number of thioether (sulfide) groups is 1. The summed E-state index contributed by atoms with van der Waals surface area (Å²) in [4.78, 5) is 28.3. The van der Waals surface area contributed by atoms with Crippen LogP contribution in [0, 0.1) is 0 Å². The molecule has 2 aromatic heterocycles. The molecule has 3 heterocycles. The van der Waals surface area contributed by atoms with Crippen molar-refractivity contribution in [3.05, 3.63) is 112 Å². The fraction of sp³-hybridized carbons (Fsp3) is 0.0714. The smallest absolute Gasteiger partial charge is 0.296 e. The number of hydrogen-bond donors (Lipinski definition) is 2. The number of phenols is 1. The van der Waals surface area contributed by atoms with Crippen LogP contribution >= 0.6 is 34.7 Å². The standard InChI is InChI=1S/C28H18ClN3O5S2/c29-18-10-8-15(9-11-18)14-38-28-31-30-27(39-28)32-23(17-5-3-6-19(33)12-17)22(25(35)26(32)36)24(34)21-13-16-4-1-2-7-20(16)37-21/h1-13,23,33,35H,14H2/t23-/m1/s1. The number of benzene rings is 3. The highest BCUT2D eigenvalue weighted by atomic mass is 35.5. The van der Waals surface area contributed by atoms with Crippen molar-refractivity contribution in [3.63, 3.8) is 0 Å². The van der Waals surface area contributed by atoms with Gasteiger partial charge in [-0.25, -0.2) is 0 Å². The molecule has 0 unspecified atom stereocenters. The molecule has 2 N–H and O–H groups in total. The zero-order valence-corrected chi connectivity index (χ0v) is 22.3. The second kappa shape index (κ2) is 10.2. The van der Waals surface area contributed by atoms with Gasteiger partial charge in [-0.2, -0.15) is 0 Å². The van der Waals surface area contributed by atoms with Gasteiger partial charge in [-0.15, -0.1) is 10.2 Å². The first kappa shape index (κ1) is 25.2. The second-order valence-corrected chi connectivity index (χ2v) is 11.3. The van der Waals surface area contributed by atoms with Crippen molar-refractivity contribution < 1.29 is 24.2 Å². The highest BCUT2D eigenvalue weighted by molar-refractivity contribution is 8.00. The van der Waals surface area contributed by atoms with Crippen LogP contribution in [-0.2, 0) is 10.5 Å². The summed E-state index contributed by atoms with van der Waals surface area (Å²) in [5.41, 5.74) is 1.78. The van der Waals surface area contributed by atoms with Crippen molar-refractivity contribution in [2.24, 2.45) is 0 Å². The third kappa shape index (κ3) is 4.78. The van der Waals surface area contributed by atoms with E-state index >= 15 is 0 Å². The monoisotopic (exact) mass is 575 g/mol. The number of nitrogens with zero attached hydrogens (tertiary/aromatic N) is 3. The molecule has 1 amide bonds. The first-order valence-corrected chi connectivity index (χ1v) is 13.9. The van der Waals surface area contributed by atoms with E-state index < -0.39 is 23.5 Å². The zero-order valence-electron chi connectivity index (χ0n) is 19.9. The van der Waals surface area contributed by atoms with Gasteiger partial charge in [0.2, 0.25) is 10.9 Å². The molecule has 0 saturated heterocycles. The Labute approximate surface area is 235 Å². The quantitative estimate of drug-likeness (QED) is 0.125. The molecule has 0 saturated carbocycles. The van der Waals surface area contributed by atoms with Crippen molar-refractivity contribution in [2.45, 2.75) is 16.1 Å². The lowest BCUT2D eigenvalue weighted by Crippen LogP contribution is -2.31. The first-order valence-electron chi connectivity index (χ1n) is 11.7. The van der Waals surface area contributed by atoms with Crippen LogP contribution in [0.3, 0.4) is 0 Å². The van der Waals surface area contributed by atoms with Gasteiger partial charge in [-0.3, -0.25) is 14.5 Å². The van der Waals surface area contributed by atoms with Crippen LogP contribution in [-0.4, -0.2) is 32.1 Å². The summed E-state index contributed by atoms with van der Waals surface area (Å²) in [6.07, 6.45) is 0. The van der Waals surface area contributed by atoms with E-state index in [4.69, 9.17) is 16.0 Å². The predicted molar refractivity (Wildman–Crippen MR) is 149 cm³/mol. The second-order valence-electron chi connectivity index (χ2n) is 8.68. The Kier molecular flexibility index (Phi) is 6.59. The van der Waals surface area contributed by atoms with Crippen molar-refractivity contribution in [1.82, 2.24) is 10.2 Å². The Bertz CT molecular complexity index is 1730. The van der Waals surface area contributed by atoms with Crippen LogP contribution in [0.5, 0.6) is 5.75 Å². The number of carbonyl (C=O) groups excluding carboxylic acids is 2. The predicted octanol–water partition coefficient (Wildman–Crippen LogP) is 6.72. The minimum absolute atomic E-state index is 0.0194. The number of fused-ring (bicyclic) bond motifs is 1. The van der Waals surface area contributed by atoms with Crippen LogP contribution in [0.15, 0.2) is 99.0 Å². The fourth-order valence-corrected chi connectivity index (χ4v) is 6.30. The van der Waals surface area contributed by atoms with Crippen LogP contribution in [0.25, 0.3) is 11.0 Å². The van der Waals surface area contributed by atoms with Crippen LogP contribution in [0.1, 0.15) is 27.7 Å². The third-order valence-corrected chi connectivity index (χ3v) is 8.54. The van der Waals surface area contributed by atoms with Crippen molar-refractivity contribution in [2.75, 3.05) is 4.90 Å². The highest BCUT2D eigenvalue weighted by Crippen LogP contribution is 2.44. The van der Waals surface area contributed by atoms with E-state index in [0.717, 1.165) is 16.9 Å². The lowest BCUT2D eigenvalue weighted by molar-refractivity contribution is -0.117. The molecule has 1 aliphatic heterocycles. The number of amides is 1. The molecule has 1 atom stereocenters. The molecular formula is C28H18ClN3O5S2. The van der Waals surface area contributed by atoms with Gasteiger partial charge >= 0.3 is 0 Å². The van der Waals surface area contributed by atoms with Gasteiger partial charge < -0.3 is 14.6 Å². The number of aliphatic hydroxyl groups excluding tert-OH is 1. The molecule has 6 rings (SSSR count). The zero-order chi connectivity index (χ0) is 27.1. The van der Waals surface area contributed by atoms with E-state index in [1.807, 2.05) is 18.2 Å². The Hall–Kier alpha value is -4.12. The molecule has 0 spiro atoms. The Morgan fingerprint density at radius 1 is 1.03 bits per heavy atom. The lowest BCUT2D eigenvalue weighted by atomic mass is 9.95. The van der Waals surface area contributed by atoms with Crippen LogP contribution in [0.2, 0.25) is 5.02 Å².